The minimum absolute atomic E-state index is 0.460. The SMILES string of the molecule is CCCn1cc(COCCP(Br)(c2ccccc2)(c2ccccc2)c2ccccc2)nn1. The number of nitrogens with zero attached hydrogens (tertiary/aromatic N) is 3. The first-order chi connectivity index (χ1) is 15.6. The molecule has 0 fully saturated rings. The maximum absolute atomic E-state index is 6.18. The molecule has 4 rings (SSSR count). The summed E-state index contributed by atoms with van der Waals surface area (Å²) in [6, 6.07) is 32.4. The van der Waals surface area contributed by atoms with E-state index in [1.54, 1.807) is 0 Å². The fraction of sp³-hybridized carbons (Fsp3) is 0.231. The van der Waals surface area contributed by atoms with Crippen molar-refractivity contribution in [2.45, 2.75) is 26.5 Å². The molecule has 3 aromatic carbocycles. The van der Waals surface area contributed by atoms with Gasteiger partial charge in [-0.25, -0.2) is 0 Å². The van der Waals surface area contributed by atoms with Gasteiger partial charge < -0.3 is 0 Å². The van der Waals surface area contributed by atoms with Crippen LogP contribution in [0.3, 0.4) is 0 Å². The van der Waals surface area contributed by atoms with Crippen LogP contribution in [-0.2, 0) is 17.9 Å². The van der Waals surface area contributed by atoms with Crippen molar-refractivity contribution >= 4 is 36.7 Å². The normalized spacial score (nSPS) is 12.9. The summed E-state index contributed by atoms with van der Waals surface area (Å²) < 4.78 is 8.06. The van der Waals surface area contributed by atoms with Crippen molar-refractivity contribution in [1.29, 1.82) is 0 Å². The number of benzene rings is 3. The summed E-state index contributed by atoms with van der Waals surface area (Å²) in [5.74, 6) is 0. The quantitative estimate of drug-likeness (QED) is 0.222. The van der Waals surface area contributed by atoms with E-state index in [2.05, 4.69) is 124 Å². The third-order valence-electron chi connectivity index (χ3n) is 5.83. The molecule has 0 unspecified atom stereocenters. The number of hydrogen-bond donors (Lipinski definition) is 0. The zero-order chi connectivity index (χ0) is 22.3. The van der Waals surface area contributed by atoms with Gasteiger partial charge in [0.25, 0.3) is 0 Å². The van der Waals surface area contributed by atoms with Crippen LogP contribution in [0.4, 0.5) is 0 Å². The first-order valence-electron chi connectivity index (χ1n) is 11.0. The van der Waals surface area contributed by atoms with Crippen LogP contribution in [0.25, 0.3) is 0 Å². The summed E-state index contributed by atoms with van der Waals surface area (Å²) in [6.07, 6.45) is 3.85. The van der Waals surface area contributed by atoms with Crippen LogP contribution in [0, 0.1) is 0 Å². The zero-order valence-corrected chi connectivity index (χ0v) is 20.8. The Morgan fingerprint density at radius 3 is 1.78 bits per heavy atom. The van der Waals surface area contributed by atoms with Gasteiger partial charge in [-0.15, -0.1) is 0 Å². The minimum atomic E-state index is -2.94. The third kappa shape index (κ3) is 4.43. The molecule has 4 aromatic rings. The second-order valence-corrected chi connectivity index (χ2v) is 17.0. The molecule has 0 aliphatic carbocycles. The van der Waals surface area contributed by atoms with Crippen molar-refractivity contribution in [2.24, 2.45) is 0 Å². The summed E-state index contributed by atoms with van der Waals surface area (Å²) in [4.78, 5) is 0. The predicted molar refractivity (Wildman–Crippen MR) is 139 cm³/mol. The van der Waals surface area contributed by atoms with Crippen molar-refractivity contribution in [2.75, 3.05) is 12.8 Å². The summed E-state index contributed by atoms with van der Waals surface area (Å²) >= 11 is 4.45. The number of aromatic nitrogens is 3. The van der Waals surface area contributed by atoms with E-state index in [9.17, 15) is 0 Å². The van der Waals surface area contributed by atoms with E-state index in [0.29, 0.717) is 13.2 Å². The molecule has 0 atom stereocenters. The fourth-order valence-electron chi connectivity index (χ4n) is 4.21. The molecule has 0 amide bonds. The molecule has 4 nitrogen and oxygen atoms in total. The van der Waals surface area contributed by atoms with Crippen molar-refractivity contribution in [3.05, 3.63) is 103 Å². The van der Waals surface area contributed by atoms with Crippen LogP contribution < -0.4 is 15.9 Å². The number of rotatable bonds is 10. The molecule has 1 aromatic heterocycles. The van der Waals surface area contributed by atoms with Gasteiger partial charge in [-0.1, -0.05) is 0 Å². The van der Waals surface area contributed by atoms with Crippen LogP contribution in [0.5, 0.6) is 0 Å². The van der Waals surface area contributed by atoms with Gasteiger partial charge in [0, 0.05) is 0 Å². The van der Waals surface area contributed by atoms with E-state index < -0.39 is 5.31 Å². The zero-order valence-electron chi connectivity index (χ0n) is 18.3. The Balaban J connectivity index is 1.69. The Labute approximate surface area is 198 Å². The van der Waals surface area contributed by atoms with E-state index in [1.807, 2.05) is 10.9 Å². The second-order valence-electron chi connectivity index (χ2n) is 7.94. The molecule has 1 heterocycles. The fourth-order valence-corrected chi connectivity index (χ4v) is 11.3. The Hall–Kier alpha value is -2.33. The second kappa shape index (κ2) is 10.1. The van der Waals surface area contributed by atoms with Crippen molar-refractivity contribution in [3.63, 3.8) is 0 Å². The van der Waals surface area contributed by atoms with Gasteiger partial charge in [-0.2, -0.15) is 0 Å². The van der Waals surface area contributed by atoms with Gasteiger partial charge in [0.15, 0.2) is 0 Å². The van der Waals surface area contributed by atoms with E-state index >= 15 is 0 Å². The number of hydrogen-bond acceptors (Lipinski definition) is 3. The van der Waals surface area contributed by atoms with E-state index in [1.165, 1.54) is 15.9 Å². The van der Waals surface area contributed by atoms with Crippen LogP contribution in [0.1, 0.15) is 19.0 Å². The van der Waals surface area contributed by atoms with Crippen LogP contribution in [0.15, 0.2) is 97.2 Å². The van der Waals surface area contributed by atoms with Crippen LogP contribution in [0.2, 0.25) is 0 Å². The first-order valence-corrected chi connectivity index (χ1v) is 15.5. The van der Waals surface area contributed by atoms with Crippen molar-refractivity contribution in [3.8, 4) is 0 Å². The van der Waals surface area contributed by atoms with E-state index in [-0.39, 0.29) is 0 Å². The molecule has 0 bridgehead atoms. The molecule has 6 heteroatoms. The predicted octanol–water partition coefficient (Wildman–Crippen LogP) is 5.04. The Morgan fingerprint density at radius 2 is 1.31 bits per heavy atom. The Bertz CT molecular complexity index is 1020. The molecule has 0 N–H and O–H groups in total. The van der Waals surface area contributed by atoms with Crippen LogP contribution in [-0.4, -0.2) is 27.8 Å². The monoisotopic (exact) mass is 509 g/mol. The molecular formula is C26H29BrN3OP. The van der Waals surface area contributed by atoms with Crippen molar-refractivity contribution < 1.29 is 4.74 Å². The van der Waals surface area contributed by atoms with Gasteiger partial charge in [-0.05, 0) is 0 Å². The van der Waals surface area contributed by atoms with Gasteiger partial charge in [0.2, 0.25) is 0 Å². The van der Waals surface area contributed by atoms with Gasteiger partial charge in [-0.3, -0.25) is 0 Å². The maximum atomic E-state index is 6.18. The molecule has 0 aliphatic heterocycles. The summed E-state index contributed by atoms with van der Waals surface area (Å²) in [6.45, 7) is 4.07. The third-order valence-corrected chi connectivity index (χ3v) is 15.7. The summed E-state index contributed by atoms with van der Waals surface area (Å²) in [5, 5.41) is 9.38. The van der Waals surface area contributed by atoms with Gasteiger partial charge >= 0.3 is 199 Å². The Kier molecular flexibility index (Phi) is 7.20. The Morgan fingerprint density at radius 1 is 0.812 bits per heavy atom. The number of aryl methyl sites for hydroxylation is 1. The number of ether oxygens (including phenoxy) is 1. The topological polar surface area (TPSA) is 39.9 Å². The molecule has 0 saturated carbocycles. The molecular weight excluding hydrogens is 481 g/mol. The molecule has 0 saturated heterocycles. The standard InChI is InChI=1S/C26H29BrN3OP/c1-2-18-30-21-23(28-29-30)22-31-19-20-32(27,24-12-6-3-7-13-24,25-14-8-4-9-15-25)26-16-10-5-11-17-26/h3-17,21H,2,18-20,22H2,1H3. The van der Waals surface area contributed by atoms with Crippen molar-refractivity contribution in [1.82, 2.24) is 15.0 Å². The average molecular weight is 510 g/mol. The van der Waals surface area contributed by atoms with E-state index in [0.717, 1.165) is 24.8 Å². The molecule has 166 valence electrons. The molecule has 0 radical (unpaired) electrons. The number of halogens is 1. The van der Waals surface area contributed by atoms with E-state index in [4.69, 9.17) is 4.74 Å². The molecule has 32 heavy (non-hydrogen) atoms. The van der Waals surface area contributed by atoms with Gasteiger partial charge in [0.05, 0.1) is 0 Å². The van der Waals surface area contributed by atoms with Gasteiger partial charge in [0.1, 0.15) is 0 Å². The van der Waals surface area contributed by atoms with Crippen LogP contribution >= 0.6 is 20.8 Å². The summed E-state index contributed by atoms with van der Waals surface area (Å²) in [5.41, 5.74) is 0.868. The molecule has 0 spiro atoms. The first kappa shape index (κ1) is 22.8. The summed E-state index contributed by atoms with van der Waals surface area (Å²) in [7, 11) is 0. The average Bonchev–Trinajstić information content (AvgIpc) is 3.31. The molecule has 0 aliphatic rings.